The van der Waals surface area contributed by atoms with E-state index < -0.39 is 0 Å². The van der Waals surface area contributed by atoms with Gasteiger partial charge < -0.3 is 19.2 Å². The SMILES string of the molecule is COc1ccc(OCCNC(=O)CCc2ccc(-c3ccccc3)o2)cc1. The maximum Gasteiger partial charge on any atom is 0.220 e. The minimum absolute atomic E-state index is 0.0222. The zero-order valence-corrected chi connectivity index (χ0v) is 15.3. The normalized spacial score (nSPS) is 10.4. The number of furan rings is 1. The zero-order valence-electron chi connectivity index (χ0n) is 15.3. The average Bonchev–Trinajstić information content (AvgIpc) is 3.20. The number of methoxy groups -OCH3 is 1. The van der Waals surface area contributed by atoms with E-state index >= 15 is 0 Å². The molecular formula is C22H23NO4. The highest BCUT2D eigenvalue weighted by molar-refractivity contribution is 5.76. The van der Waals surface area contributed by atoms with Gasteiger partial charge in [0.25, 0.3) is 0 Å². The molecule has 5 nitrogen and oxygen atoms in total. The van der Waals surface area contributed by atoms with Gasteiger partial charge in [0.2, 0.25) is 5.91 Å². The molecule has 0 bridgehead atoms. The van der Waals surface area contributed by atoms with Crippen LogP contribution in [-0.4, -0.2) is 26.2 Å². The third kappa shape index (κ3) is 5.64. The molecule has 0 radical (unpaired) electrons. The Morgan fingerprint density at radius 1 is 0.963 bits per heavy atom. The Kier molecular flexibility index (Phi) is 6.52. The van der Waals surface area contributed by atoms with Crippen molar-refractivity contribution >= 4 is 5.91 Å². The van der Waals surface area contributed by atoms with Crippen LogP contribution >= 0.6 is 0 Å². The van der Waals surface area contributed by atoms with E-state index in [0.717, 1.165) is 28.6 Å². The van der Waals surface area contributed by atoms with Gasteiger partial charge in [-0.05, 0) is 36.4 Å². The molecule has 0 aliphatic rings. The van der Waals surface area contributed by atoms with E-state index in [1.807, 2.05) is 66.7 Å². The van der Waals surface area contributed by atoms with Gasteiger partial charge in [0.05, 0.1) is 13.7 Å². The van der Waals surface area contributed by atoms with Crippen molar-refractivity contribution < 1.29 is 18.7 Å². The first-order chi connectivity index (χ1) is 13.2. The third-order valence-electron chi connectivity index (χ3n) is 4.07. The van der Waals surface area contributed by atoms with Crippen LogP contribution in [0.2, 0.25) is 0 Å². The van der Waals surface area contributed by atoms with Crippen LogP contribution in [0.5, 0.6) is 11.5 Å². The number of aryl methyl sites for hydroxylation is 1. The van der Waals surface area contributed by atoms with Crippen molar-refractivity contribution in [3.8, 4) is 22.8 Å². The summed E-state index contributed by atoms with van der Waals surface area (Å²) >= 11 is 0. The smallest absolute Gasteiger partial charge is 0.220 e. The van der Waals surface area contributed by atoms with Gasteiger partial charge in [0.1, 0.15) is 29.6 Å². The monoisotopic (exact) mass is 365 g/mol. The van der Waals surface area contributed by atoms with E-state index in [0.29, 0.717) is 26.0 Å². The summed E-state index contributed by atoms with van der Waals surface area (Å²) in [6.07, 6.45) is 0.947. The van der Waals surface area contributed by atoms with E-state index in [1.165, 1.54) is 0 Å². The second-order valence-electron chi connectivity index (χ2n) is 6.01. The molecular weight excluding hydrogens is 342 g/mol. The Morgan fingerprint density at radius 2 is 1.70 bits per heavy atom. The van der Waals surface area contributed by atoms with Crippen molar-refractivity contribution in [1.82, 2.24) is 5.32 Å². The van der Waals surface area contributed by atoms with Crippen molar-refractivity contribution in [3.63, 3.8) is 0 Å². The molecule has 2 aromatic carbocycles. The van der Waals surface area contributed by atoms with E-state index in [1.54, 1.807) is 7.11 Å². The van der Waals surface area contributed by atoms with Gasteiger partial charge in [-0.15, -0.1) is 0 Å². The predicted octanol–water partition coefficient (Wildman–Crippen LogP) is 4.08. The second kappa shape index (κ2) is 9.48. The Hall–Kier alpha value is -3.21. The molecule has 0 spiro atoms. The van der Waals surface area contributed by atoms with Gasteiger partial charge in [-0.3, -0.25) is 4.79 Å². The molecule has 3 aromatic rings. The fourth-order valence-corrected chi connectivity index (χ4v) is 2.63. The third-order valence-corrected chi connectivity index (χ3v) is 4.07. The van der Waals surface area contributed by atoms with Crippen molar-refractivity contribution in [1.29, 1.82) is 0 Å². The Bertz CT molecular complexity index is 840. The van der Waals surface area contributed by atoms with Crippen LogP contribution in [0, 0.1) is 0 Å². The molecule has 1 aromatic heterocycles. The minimum atomic E-state index is -0.0222. The highest BCUT2D eigenvalue weighted by Crippen LogP contribution is 2.22. The molecule has 140 valence electrons. The fourth-order valence-electron chi connectivity index (χ4n) is 2.63. The lowest BCUT2D eigenvalue weighted by atomic mass is 10.2. The standard InChI is InChI=1S/C22H23NO4/c1-25-18-7-9-19(10-8-18)26-16-15-23-22(24)14-12-20-11-13-21(27-20)17-5-3-2-4-6-17/h2-11,13H,12,14-16H2,1H3,(H,23,24). The van der Waals surface area contributed by atoms with Crippen molar-refractivity contribution in [3.05, 3.63) is 72.5 Å². The summed E-state index contributed by atoms with van der Waals surface area (Å²) in [6, 6.07) is 21.1. The van der Waals surface area contributed by atoms with E-state index in [2.05, 4.69) is 5.32 Å². The van der Waals surface area contributed by atoms with Gasteiger partial charge >= 0.3 is 0 Å². The van der Waals surface area contributed by atoms with Crippen LogP contribution in [0.3, 0.4) is 0 Å². The van der Waals surface area contributed by atoms with Crippen molar-refractivity contribution in [2.45, 2.75) is 12.8 Å². The van der Waals surface area contributed by atoms with Crippen LogP contribution in [0.15, 0.2) is 71.1 Å². The molecule has 0 aliphatic carbocycles. The lowest BCUT2D eigenvalue weighted by Gasteiger charge is -2.08. The second-order valence-corrected chi connectivity index (χ2v) is 6.01. The molecule has 0 aliphatic heterocycles. The zero-order chi connectivity index (χ0) is 18.9. The Balaban J connectivity index is 1.35. The quantitative estimate of drug-likeness (QED) is 0.581. The molecule has 1 heterocycles. The molecule has 0 fully saturated rings. The lowest BCUT2D eigenvalue weighted by molar-refractivity contribution is -0.121. The highest BCUT2D eigenvalue weighted by atomic mass is 16.5. The molecule has 0 saturated heterocycles. The van der Waals surface area contributed by atoms with Gasteiger partial charge in [-0.1, -0.05) is 30.3 Å². The van der Waals surface area contributed by atoms with Crippen LogP contribution < -0.4 is 14.8 Å². The number of benzene rings is 2. The summed E-state index contributed by atoms with van der Waals surface area (Å²) in [7, 11) is 1.62. The molecule has 0 unspecified atom stereocenters. The first-order valence-corrected chi connectivity index (χ1v) is 8.92. The summed E-state index contributed by atoms with van der Waals surface area (Å²) in [5.74, 6) is 3.13. The van der Waals surface area contributed by atoms with Crippen LogP contribution in [-0.2, 0) is 11.2 Å². The van der Waals surface area contributed by atoms with Crippen molar-refractivity contribution in [2.75, 3.05) is 20.3 Å². The highest BCUT2D eigenvalue weighted by Gasteiger charge is 2.07. The number of nitrogens with one attached hydrogen (secondary N) is 1. The minimum Gasteiger partial charge on any atom is -0.497 e. The first kappa shape index (κ1) is 18.6. The number of hydrogen-bond acceptors (Lipinski definition) is 4. The van der Waals surface area contributed by atoms with Gasteiger partial charge in [0, 0.05) is 18.4 Å². The van der Waals surface area contributed by atoms with E-state index in [4.69, 9.17) is 13.9 Å². The number of carbonyl (C=O) groups is 1. The average molecular weight is 365 g/mol. The van der Waals surface area contributed by atoms with Crippen LogP contribution in [0.4, 0.5) is 0 Å². The maximum absolute atomic E-state index is 12.0. The summed E-state index contributed by atoms with van der Waals surface area (Å²) in [5.41, 5.74) is 1.03. The molecule has 3 rings (SSSR count). The first-order valence-electron chi connectivity index (χ1n) is 8.92. The summed E-state index contributed by atoms with van der Waals surface area (Å²) in [4.78, 5) is 12.0. The summed E-state index contributed by atoms with van der Waals surface area (Å²) in [5, 5.41) is 2.85. The molecule has 0 saturated carbocycles. The topological polar surface area (TPSA) is 60.7 Å². The number of ether oxygens (including phenoxy) is 2. The maximum atomic E-state index is 12.0. The number of rotatable bonds is 9. The fraction of sp³-hybridized carbons (Fsp3) is 0.227. The number of amides is 1. The molecule has 5 heteroatoms. The number of carbonyl (C=O) groups excluding carboxylic acids is 1. The summed E-state index contributed by atoms with van der Waals surface area (Å²) < 4.78 is 16.5. The van der Waals surface area contributed by atoms with Gasteiger partial charge in [-0.2, -0.15) is 0 Å². The largest absolute Gasteiger partial charge is 0.497 e. The van der Waals surface area contributed by atoms with Crippen LogP contribution in [0.25, 0.3) is 11.3 Å². The lowest BCUT2D eigenvalue weighted by Crippen LogP contribution is -2.28. The molecule has 0 atom stereocenters. The van der Waals surface area contributed by atoms with E-state index in [-0.39, 0.29) is 5.91 Å². The number of hydrogen-bond donors (Lipinski definition) is 1. The summed E-state index contributed by atoms with van der Waals surface area (Å²) in [6.45, 7) is 0.870. The Morgan fingerprint density at radius 3 is 2.44 bits per heavy atom. The van der Waals surface area contributed by atoms with Crippen LogP contribution in [0.1, 0.15) is 12.2 Å². The predicted molar refractivity (Wildman–Crippen MR) is 104 cm³/mol. The van der Waals surface area contributed by atoms with Gasteiger partial charge in [0.15, 0.2) is 0 Å². The van der Waals surface area contributed by atoms with E-state index in [9.17, 15) is 4.79 Å². The Labute approximate surface area is 158 Å². The molecule has 1 amide bonds. The molecule has 1 N–H and O–H groups in total. The molecule has 27 heavy (non-hydrogen) atoms. The van der Waals surface area contributed by atoms with Crippen molar-refractivity contribution in [2.24, 2.45) is 0 Å². The van der Waals surface area contributed by atoms with Gasteiger partial charge in [-0.25, -0.2) is 0 Å².